The highest BCUT2D eigenvalue weighted by molar-refractivity contribution is 5.90. The number of nitrogens with one attached hydrogen (secondary N) is 2. The Morgan fingerprint density at radius 2 is 1.94 bits per heavy atom. The van der Waals surface area contributed by atoms with E-state index in [1.54, 1.807) is 56.2 Å². The first-order valence-corrected chi connectivity index (χ1v) is 9.84. The van der Waals surface area contributed by atoms with Crippen molar-refractivity contribution in [1.29, 1.82) is 0 Å². The molecule has 0 saturated carbocycles. The topological polar surface area (TPSA) is 88.5 Å². The summed E-state index contributed by atoms with van der Waals surface area (Å²) in [5, 5.41) is 7.89. The molecule has 0 aliphatic rings. The molecule has 0 amide bonds. The molecule has 4 rings (SSSR count). The minimum Gasteiger partial charge on any atom is -0.363 e. The summed E-state index contributed by atoms with van der Waals surface area (Å²) in [7, 11) is 1.76. The average molecular weight is 424 g/mol. The van der Waals surface area contributed by atoms with Crippen LogP contribution in [0.15, 0.2) is 41.5 Å². The van der Waals surface area contributed by atoms with Gasteiger partial charge in [0.2, 0.25) is 0 Å². The number of hydrogen-bond acceptors (Lipinski definition) is 5. The van der Waals surface area contributed by atoms with Gasteiger partial charge in [0.05, 0.1) is 23.2 Å². The number of rotatable bonds is 5. The lowest BCUT2D eigenvalue weighted by Crippen LogP contribution is -2.15. The van der Waals surface area contributed by atoms with Crippen LogP contribution in [0.5, 0.6) is 0 Å². The zero-order valence-electron chi connectivity index (χ0n) is 17.6. The quantitative estimate of drug-likeness (QED) is 0.497. The van der Waals surface area contributed by atoms with Crippen molar-refractivity contribution in [2.75, 3.05) is 5.32 Å². The zero-order chi connectivity index (χ0) is 22.3. The van der Waals surface area contributed by atoms with E-state index in [1.165, 1.54) is 13.0 Å². The maximum absolute atomic E-state index is 14.8. The number of pyridine rings is 1. The summed E-state index contributed by atoms with van der Waals surface area (Å²) in [6, 6.07) is 5.85. The molecule has 0 saturated heterocycles. The molecule has 7 nitrogen and oxygen atoms in total. The molecule has 31 heavy (non-hydrogen) atoms. The SMILES string of the molecule is Cc1nc(N[C@H](C)c2cccc(C(C)F)c2F)c2cc(-c3cnn(C)c3)c(=O)[nH]c2n1. The lowest BCUT2D eigenvalue weighted by atomic mass is 10.0. The van der Waals surface area contributed by atoms with Crippen molar-refractivity contribution in [1.82, 2.24) is 24.7 Å². The Morgan fingerprint density at radius 1 is 1.19 bits per heavy atom. The molecule has 0 aliphatic carbocycles. The molecule has 4 aromatic rings. The van der Waals surface area contributed by atoms with E-state index in [-0.39, 0.29) is 11.1 Å². The smallest absolute Gasteiger partial charge is 0.257 e. The number of benzene rings is 1. The van der Waals surface area contributed by atoms with Gasteiger partial charge in [-0.2, -0.15) is 5.10 Å². The van der Waals surface area contributed by atoms with Crippen molar-refractivity contribution < 1.29 is 8.78 Å². The number of halogens is 2. The van der Waals surface area contributed by atoms with Crippen LogP contribution in [-0.2, 0) is 7.05 Å². The molecule has 1 aromatic carbocycles. The number of hydrogen-bond donors (Lipinski definition) is 2. The van der Waals surface area contributed by atoms with Crippen LogP contribution in [0, 0.1) is 12.7 Å². The third-order valence-corrected chi connectivity index (χ3v) is 5.15. The summed E-state index contributed by atoms with van der Waals surface area (Å²) in [5.74, 6) is 0.296. The largest absolute Gasteiger partial charge is 0.363 e. The van der Waals surface area contributed by atoms with Gasteiger partial charge in [0.25, 0.3) is 5.56 Å². The Morgan fingerprint density at radius 3 is 2.61 bits per heavy atom. The normalized spacial score (nSPS) is 13.4. The van der Waals surface area contributed by atoms with E-state index >= 15 is 0 Å². The van der Waals surface area contributed by atoms with Gasteiger partial charge in [-0.3, -0.25) is 9.48 Å². The van der Waals surface area contributed by atoms with Gasteiger partial charge in [0, 0.05) is 29.9 Å². The third kappa shape index (κ3) is 3.90. The monoisotopic (exact) mass is 424 g/mol. The van der Waals surface area contributed by atoms with E-state index in [2.05, 4.69) is 25.4 Å². The maximum atomic E-state index is 14.8. The molecule has 3 aromatic heterocycles. The van der Waals surface area contributed by atoms with E-state index in [0.29, 0.717) is 39.4 Å². The lowest BCUT2D eigenvalue weighted by Gasteiger charge is -2.19. The van der Waals surface area contributed by atoms with Crippen LogP contribution in [-0.4, -0.2) is 24.7 Å². The van der Waals surface area contributed by atoms with Crippen LogP contribution >= 0.6 is 0 Å². The third-order valence-electron chi connectivity index (χ3n) is 5.15. The maximum Gasteiger partial charge on any atom is 0.257 e. The minimum atomic E-state index is -1.42. The molecular weight excluding hydrogens is 402 g/mol. The van der Waals surface area contributed by atoms with Crippen molar-refractivity contribution in [3.8, 4) is 11.1 Å². The number of nitrogens with zero attached hydrogens (tertiary/aromatic N) is 4. The van der Waals surface area contributed by atoms with Gasteiger partial charge in [0.15, 0.2) is 0 Å². The highest BCUT2D eigenvalue weighted by Gasteiger charge is 2.19. The number of alkyl halides is 1. The standard InChI is InChI=1S/C22H22F2N6O/c1-11(23)15-6-5-7-16(19(15)24)12(2)26-20-18-8-17(14-9-25-30(4)10-14)22(31)29-21(18)28-13(3)27-20/h5-12H,1-4H3,(H2,26,27,28,29,31)/t11?,12-/m1/s1. The Labute approximate surface area is 177 Å². The van der Waals surface area contributed by atoms with Crippen molar-refractivity contribution in [3.63, 3.8) is 0 Å². The van der Waals surface area contributed by atoms with E-state index in [1.807, 2.05) is 0 Å². The van der Waals surface area contributed by atoms with Crippen molar-refractivity contribution in [2.24, 2.45) is 7.05 Å². The van der Waals surface area contributed by atoms with E-state index in [9.17, 15) is 13.6 Å². The van der Waals surface area contributed by atoms with Gasteiger partial charge in [-0.1, -0.05) is 18.2 Å². The molecule has 0 bridgehead atoms. The van der Waals surface area contributed by atoms with Gasteiger partial charge in [-0.05, 0) is 26.8 Å². The number of H-pyrrole nitrogens is 1. The van der Waals surface area contributed by atoms with Gasteiger partial charge in [-0.25, -0.2) is 18.7 Å². The average Bonchev–Trinajstić information content (AvgIpc) is 3.13. The second kappa shape index (κ2) is 7.90. The predicted octanol–water partition coefficient (Wildman–Crippen LogP) is 4.37. The first-order chi connectivity index (χ1) is 14.7. The number of fused-ring (bicyclic) bond motifs is 1. The molecule has 2 N–H and O–H groups in total. The molecule has 0 aliphatic heterocycles. The highest BCUT2D eigenvalue weighted by Crippen LogP contribution is 2.30. The number of anilines is 1. The van der Waals surface area contributed by atoms with Crippen molar-refractivity contribution in [2.45, 2.75) is 33.0 Å². The zero-order valence-corrected chi connectivity index (χ0v) is 17.6. The summed E-state index contributed by atoms with van der Waals surface area (Å²) < 4.78 is 30.2. The van der Waals surface area contributed by atoms with Gasteiger partial charge < -0.3 is 10.3 Å². The molecule has 9 heteroatoms. The van der Waals surface area contributed by atoms with Crippen LogP contribution in [0.2, 0.25) is 0 Å². The molecule has 0 spiro atoms. The molecule has 160 valence electrons. The van der Waals surface area contributed by atoms with E-state index in [4.69, 9.17) is 0 Å². The van der Waals surface area contributed by atoms with Crippen LogP contribution in [0.25, 0.3) is 22.2 Å². The van der Waals surface area contributed by atoms with Gasteiger partial charge in [-0.15, -0.1) is 0 Å². The second-order valence-electron chi connectivity index (χ2n) is 7.53. The Bertz CT molecular complexity index is 1330. The van der Waals surface area contributed by atoms with E-state index in [0.717, 1.165) is 0 Å². The number of aromatic amines is 1. The van der Waals surface area contributed by atoms with Crippen molar-refractivity contribution in [3.05, 3.63) is 69.8 Å². The van der Waals surface area contributed by atoms with Crippen LogP contribution < -0.4 is 10.9 Å². The summed E-state index contributed by atoms with van der Waals surface area (Å²) in [5.41, 5.74) is 1.48. The van der Waals surface area contributed by atoms with E-state index < -0.39 is 18.0 Å². The van der Waals surface area contributed by atoms with Crippen molar-refractivity contribution >= 4 is 16.9 Å². The summed E-state index contributed by atoms with van der Waals surface area (Å²) in [4.78, 5) is 24.2. The summed E-state index contributed by atoms with van der Waals surface area (Å²) in [6.45, 7) is 4.77. The minimum absolute atomic E-state index is 0.0121. The molecule has 2 atom stereocenters. The first-order valence-electron chi connectivity index (χ1n) is 9.84. The van der Waals surface area contributed by atoms with Crippen LogP contribution in [0.1, 0.15) is 43.0 Å². The summed E-state index contributed by atoms with van der Waals surface area (Å²) >= 11 is 0. The van der Waals surface area contributed by atoms with Gasteiger partial charge >= 0.3 is 0 Å². The number of aryl methyl sites for hydroxylation is 2. The van der Waals surface area contributed by atoms with Crippen LogP contribution in [0.4, 0.5) is 14.6 Å². The van der Waals surface area contributed by atoms with Gasteiger partial charge in [0.1, 0.15) is 29.3 Å². The lowest BCUT2D eigenvalue weighted by molar-refractivity contribution is 0.360. The Balaban J connectivity index is 1.80. The van der Waals surface area contributed by atoms with Crippen LogP contribution in [0.3, 0.4) is 0 Å². The summed E-state index contributed by atoms with van der Waals surface area (Å²) in [6.07, 6.45) is 1.92. The molecule has 1 unspecified atom stereocenters. The molecule has 3 heterocycles. The second-order valence-corrected chi connectivity index (χ2v) is 7.53. The fourth-order valence-corrected chi connectivity index (χ4v) is 3.58. The first kappa shape index (κ1) is 20.6. The molecular formula is C22H22F2N6O. The molecule has 0 fully saturated rings. The predicted molar refractivity (Wildman–Crippen MR) is 115 cm³/mol. The highest BCUT2D eigenvalue weighted by atomic mass is 19.1. The Hall–Kier alpha value is -3.62. The fourth-order valence-electron chi connectivity index (χ4n) is 3.58. The number of aromatic nitrogens is 5. The molecule has 0 radical (unpaired) electrons. The fraction of sp³-hybridized carbons (Fsp3) is 0.273. The Kier molecular flexibility index (Phi) is 5.26.